The first kappa shape index (κ1) is 19.5. The van der Waals surface area contributed by atoms with Gasteiger partial charge in [0.15, 0.2) is 0 Å². The second kappa shape index (κ2) is 7.61. The van der Waals surface area contributed by atoms with Crippen molar-refractivity contribution in [2.75, 3.05) is 5.32 Å². The quantitative estimate of drug-likeness (QED) is 0.602. The molecule has 1 atom stereocenters. The van der Waals surface area contributed by atoms with Gasteiger partial charge in [0.2, 0.25) is 5.91 Å². The van der Waals surface area contributed by atoms with Gasteiger partial charge in [-0.05, 0) is 19.9 Å². The van der Waals surface area contributed by atoms with E-state index in [1.807, 2.05) is 0 Å². The van der Waals surface area contributed by atoms with Crippen LogP contribution in [0, 0.1) is 51.3 Å². The summed E-state index contributed by atoms with van der Waals surface area (Å²) in [7, 11) is 0. The Morgan fingerprint density at radius 1 is 1.33 bits per heavy atom. The number of aromatic nitrogens is 2. The minimum Gasteiger partial charge on any atom is -0.325 e. The Labute approximate surface area is 153 Å². The number of nitrogens with one attached hydrogen (secondary N) is 1. The van der Waals surface area contributed by atoms with Gasteiger partial charge in [0, 0.05) is 12.1 Å². The molecule has 0 aliphatic heterocycles. The van der Waals surface area contributed by atoms with Crippen LogP contribution >= 0.6 is 0 Å². The fourth-order valence-electron chi connectivity index (χ4n) is 2.58. The molecule has 0 bridgehead atoms. The fraction of sp³-hybridized carbons (Fsp3) is 0.312. The highest BCUT2D eigenvalue weighted by Crippen LogP contribution is 2.24. The van der Waals surface area contributed by atoms with Crippen molar-refractivity contribution in [3.8, 4) is 6.07 Å². The summed E-state index contributed by atoms with van der Waals surface area (Å²) in [6.45, 7) is 4.77. The molecule has 0 aliphatic carbocycles. The lowest BCUT2D eigenvalue weighted by Gasteiger charge is -2.14. The number of aryl methyl sites for hydroxylation is 1. The molecule has 1 N–H and O–H groups in total. The van der Waals surface area contributed by atoms with E-state index in [1.165, 1.54) is 23.7 Å². The predicted molar refractivity (Wildman–Crippen MR) is 94.0 cm³/mol. The number of carbonyl (C=O) groups is 1. The number of hydrogen-bond donors (Lipinski definition) is 1. The molecule has 1 heterocycles. The van der Waals surface area contributed by atoms with Gasteiger partial charge in [-0.25, -0.2) is 0 Å². The van der Waals surface area contributed by atoms with Gasteiger partial charge in [0.25, 0.3) is 5.69 Å². The largest absolute Gasteiger partial charge is 0.325 e. The Bertz CT molecular complexity index is 974. The molecule has 27 heavy (non-hydrogen) atoms. The summed E-state index contributed by atoms with van der Waals surface area (Å²) in [5.74, 6) is -1.07. The minimum atomic E-state index is -0.634. The van der Waals surface area contributed by atoms with E-state index in [2.05, 4.69) is 10.4 Å². The maximum absolute atomic E-state index is 12.4. The van der Waals surface area contributed by atoms with Gasteiger partial charge in [0.05, 0.1) is 33.6 Å². The fourth-order valence-corrected chi connectivity index (χ4v) is 2.58. The van der Waals surface area contributed by atoms with Crippen LogP contribution in [0.25, 0.3) is 0 Å². The summed E-state index contributed by atoms with van der Waals surface area (Å²) in [5.41, 5.74) is 0.362. The van der Waals surface area contributed by atoms with Crippen molar-refractivity contribution in [3.05, 3.63) is 55.4 Å². The average molecular weight is 372 g/mol. The molecule has 11 nitrogen and oxygen atoms in total. The number of nitriles is 1. The van der Waals surface area contributed by atoms with Crippen LogP contribution in [0.15, 0.2) is 18.2 Å². The number of nitro groups is 2. The Morgan fingerprint density at radius 2 is 2.00 bits per heavy atom. The standard InChI is InChI=1S/C16H16N6O5/c1-9(8-20-11(3)15(22(26)27)10(2)19-20)16(23)18-14-5-4-13(21(24)25)6-12(14)7-17/h4-6,9H,8H2,1-3H3,(H,18,23). The van der Waals surface area contributed by atoms with Gasteiger partial charge < -0.3 is 5.32 Å². The molecule has 0 saturated heterocycles. The summed E-state index contributed by atoms with van der Waals surface area (Å²) in [4.78, 5) is 33.1. The van der Waals surface area contributed by atoms with Crippen molar-refractivity contribution in [1.29, 1.82) is 5.26 Å². The van der Waals surface area contributed by atoms with E-state index in [4.69, 9.17) is 5.26 Å². The lowest BCUT2D eigenvalue weighted by molar-refractivity contribution is -0.386. The molecule has 2 rings (SSSR count). The van der Waals surface area contributed by atoms with Gasteiger partial charge in [-0.3, -0.25) is 29.7 Å². The number of hydrogen-bond acceptors (Lipinski definition) is 7. The van der Waals surface area contributed by atoms with E-state index in [-0.39, 0.29) is 34.9 Å². The van der Waals surface area contributed by atoms with Crippen molar-refractivity contribution < 1.29 is 14.6 Å². The van der Waals surface area contributed by atoms with Crippen molar-refractivity contribution in [2.45, 2.75) is 27.3 Å². The van der Waals surface area contributed by atoms with Crippen LogP contribution in [0.3, 0.4) is 0 Å². The molecule has 0 spiro atoms. The van der Waals surface area contributed by atoms with Gasteiger partial charge >= 0.3 is 5.69 Å². The third-order valence-electron chi connectivity index (χ3n) is 4.01. The van der Waals surface area contributed by atoms with Gasteiger partial charge in [0.1, 0.15) is 17.5 Å². The van der Waals surface area contributed by atoms with Crippen molar-refractivity contribution >= 4 is 23.0 Å². The molecule has 1 aromatic carbocycles. The molecule has 0 fully saturated rings. The predicted octanol–water partition coefficient (Wildman–Crippen LogP) is 2.46. The van der Waals surface area contributed by atoms with Crippen LogP contribution in [0.4, 0.5) is 17.1 Å². The average Bonchev–Trinajstić information content (AvgIpc) is 2.88. The topological polar surface area (TPSA) is 157 Å². The molecule has 140 valence electrons. The van der Waals surface area contributed by atoms with Gasteiger partial charge in [-0.15, -0.1) is 0 Å². The monoisotopic (exact) mass is 372 g/mol. The van der Waals surface area contributed by atoms with Crippen molar-refractivity contribution in [1.82, 2.24) is 9.78 Å². The summed E-state index contributed by atoms with van der Waals surface area (Å²) in [5, 5.41) is 37.6. The zero-order valence-electron chi connectivity index (χ0n) is 14.8. The number of non-ortho nitro benzene ring substituents is 1. The van der Waals surface area contributed by atoms with Crippen LogP contribution in [0.1, 0.15) is 23.9 Å². The zero-order chi connectivity index (χ0) is 20.3. The summed E-state index contributed by atoms with van der Waals surface area (Å²) in [6.07, 6.45) is 0. The van der Waals surface area contributed by atoms with Gasteiger partial charge in [-0.2, -0.15) is 10.4 Å². The van der Waals surface area contributed by atoms with E-state index >= 15 is 0 Å². The SMILES string of the molecule is Cc1nn(CC(C)C(=O)Nc2ccc([N+](=O)[O-])cc2C#N)c(C)c1[N+](=O)[O-]. The van der Waals surface area contributed by atoms with Crippen molar-refractivity contribution in [2.24, 2.45) is 5.92 Å². The first-order valence-corrected chi connectivity index (χ1v) is 7.83. The number of carbonyl (C=O) groups excluding carboxylic acids is 1. The molecule has 0 aliphatic rings. The molecule has 1 unspecified atom stereocenters. The van der Waals surface area contributed by atoms with E-state index in [0.717, 1.165) is 6.07 Å². The van der Waals surface area contributed by atoms with E-state index in [0.29, 0.717) is 5.69 Å². The second-order valence-corrected chi connectivity index (χ2v) is 5.95. The molecular formula is C16H16N6O5. The summed E-state index contributed by atoms with van der Waals surface area (Å²) >= 11 is 0. The molecule has 11 heteroatoms. The number of anilines is 1. The van der Waals surface area contributed by atoms with E-state index in [1.54, 1.807) is 19.9 Å². The lowest BCUT2D eigenvalue weighted by Crippen LogP contribution is -2.25. The highest BCUT2D eigenvalue weighted by atomic mass is 16.6. The molecule has 0 radical (unpaired) electrons. The van der Waals surface area contributed by atoms with Crippen molar-refractivity contribution in [3.63, 3.8) is 0 Å². The summed E-state index contributed by atoms with van der Waals surface area (Å²) in [6, 6.07) is 5.35. The smallest absolute Gasteiger partial charge is 0.312 e. The first-order valence-electron chi connectivity index (χ1n) is 7.83. The molecule has 1 aromatic heterocycles. The van der Waals surface area contributed by atoms with Crippen LogP contribution in [-0.4, -0.2) is 25.5 Å². The molecule has 2 aromatic rings. The highest BCUT2D eigenvalue weighted by molar-refractivity contribution is 5.93. The third-order valence-corrected chi connectivity index (χ3v) is 4.01. The Kier molecular flexibility index (Phi) is 5.50. The van der Waals surface area contributed by atoms with E-state index in [9.17, 15) is 25.0 Å². The number of amides is 1. The van der Waals surface area contributed by atoms with Crippen LogP contribution in [0.5, 0.6) is 0 Å². The Morgan fingerprint density at radius 3 is 2.52 bits per heavy atom. The second-order valence-electron chi connectivity index (χ2n) is 5.95. The van der Waals surface area contributed by atoms with Crippen LogP contribution in [0.2, 0.25) is 0 Å². The number of nitrogens with zero attached hydrogens (tertiary/aromatic N) is 5. The maximum atomic E-state index is 12.4. The highest BCUT2D eigenvalue weighted by Gasteiger charge is 2.24. The Hall–Kier alpha value is -3.81. The number of nitro benzene ring substituents is 1. The minimum absolute atomic E-state index is 0.0356. The first-order chi connectivity index (χ1) is 12.6. The lowest BCUT2D eigenvalue weighted by atomic mass is 10.1. The molecule has 0 saturated carbocycles. The molecular weight excluding hydrogens is 356 g/mol. The van der Waals surface area contributed by atoms with Crippen LogP contribution in [-0.2, 0) is 11.3 Å². The number of rotatable bonds is 6. The van der Waals surface area contributed by atoms with E-state index < -0.39 is 21.7 Å². The Balaban J connectivity index is 2.18. The van der Waals surface area contributed by atoms with Crippen LogP contribution < -0.4 is 5.32 Å². The summed E-state index contributed by atoms with van der Waals surface area (Å²) < 4.78 is 1.39. The maximum Gasteiger partial charge on any atom is 0.312 e. The molecule has 1 amide bonds. The normalized spacial score (nSPS) is 11.5. The van der Waals surface area contributed by atoms with Gasteiger partial charge in [-0.1, -0.05) is 6.92 Å². The number of benzene rings is 1. The zero-order valence-corrected chi connectivity index (χ0v) is 14.8. The third kappa shape index (κ3) is 4.06.